The fourth-order valence-corrected chi connectivity index (χ4v) is 3.36. The number of hydrogen-bond donors (Lipinski definition) is 0. The summed E-state index contributed by atoms with van der Waals surface area (Å²) in [5.41, 5.74) is 0.839. The van der Waals surface area contributed by atoms with Gasteiger partial charge in [0.25, 0.3) is 11.1 Å². The largest absolute Gasteiger partial charge is 0.478 e. The molecule has 0 aliphatic rings. The maximum absolute atomic E-state index is 13.7. The van der Waals surface area contributed by atoms with E-state index in [2.05, 4.69) is 10.2 Å². The molecule has 0 aliphatic heterocycles. The van der Waals surface area contributed by atoms with E-state index in [0.717, 1.165) is 17.4 Å². The minimum absolute atomic E-state index is 0.0120. The summed E-state index contributed by atoms with van der Waals surface area (Å²) in [7, 11) is 0. The van der Waals surface area contributed by atoms with Crippen LogP contribution < -0.4 is 9.64 Å². The Hall–Kier alpha value is -2.87. The fraction of sp³-hybridized carbons (Fsp3) is 0.286. The number of hydrogen-bond acceptors (Lipinski definition) is 6. The molecule has 1 atom stereocenters. The molecular formula is C21H22FN3O3S. The van der Waals surface area contributed by atoms with Crippen molar-refractivity contribution in [3.8, 4) is 5.75 Å². The number of amides is 1. The van der Waals surface area contributed by atoms with Crippen molar-refractivity contribution in [3.63, 3.8) is 0 Å². The van der Waals surface area contributed by atoms with Crippen LogP contribution in [0.3, 0.4) is 0 Å². The van der Waals surface area contributed by atoms with Crippen LogP contribution in [0.15, 0.2) is 64.2 Å². The van der Waals surface area contributed by atoms with E-state index in [-0.39, 0.29) is 34.6 Å². The Balaban J connectivity index is 1.61. The third-order valence-corrected chi connectivity index (χ3v) is 4.85. The number of thioether (sulfide) groups is 1. The monoisotopic (exact) mass is 415 g/mol. The molecule has 29 heavy (non-hydrogen) atoms. The number of para-hydroxylation sites is 2. The molecule has 0 bridgehead atoms. The summed E-state index contributed by atoms with van der Waals surface area (Å²) in [5.74, 6) is -0.0533. The highest BCUT2D eigenvalue weighted by Gasteiger charge is 2.21. The molecule has 0 radical (unpaired) electrons. The molecule has 6 nitrogen and oxygen atoms in total. The first-order valence-corrected chi connectivity index (χ1v) is 10.2. The minimum atomic E-state index is -0.624. The Kier molecular flexibility index (Phi) is 6.87. The number of anilines is 1. The molecule has 1 amide bonds. The van der Waals surface area contributed by atoms with E-state index < -0.39 is 11.9 Å². The van der Waals surface area contributed by atoms with Crippen LogP contribution in [0.5, 0.6) is 5.75 Å². The Morgan fingerprint density at radius 3 is 2.48 bits per heavy atom. The zero-order valence-electron chi connectivity index (χ0n) is 16.4. The first-order chi connectivity index (χ1) is 14.0. The van der Waals surface area contributed by atoms with Crippen molar-refractivity contribution in [2.75, 3.05) is 10.7 Å². The Morgan fingerprint density at radius 2 is 1.79 bits per heavy atom. The van der Waals surface area contributed by atoms with E-state index in [4.69, 9.17) is 9.15 Å². The normalized spacial score (nSPS) is 12.0. The second-order valence-corrected chi connectivity index (χ2v) is 7.51. The van der Waals surface area contributed by atoms with Crippen LogP contribution in [-0.4, -0.2) is 27.9 Å². The van der Waals surface area contributed by atoms with Gasteiger partial charge in [-0.3, -0.25) is 4.79 Å². The van der Waals surface area contributed by atoms with E-state index in [9.17, 15) is 9.18 Å². The molecule has 0 unspecified atom stereocenters. The van der Waals surface area contributed by atoms with Gasteiger partial charge >= 0.3 is 0 Å². The van der Waals surface area contributed by atoms with Gasteiger partial charge in [0.1, 0.15) is 0 Å². The van der Waals surface area contributed by atoms with E-state index in [1.807, 2.05) is 44.2 Å². The molecule has 0 saturated carbocycles. The van der Waals surface area contributed by atoms with Crippen LogP contribution in [0.4, 0.5) is 10.1 Å². The van der Waals surface area contributed by atoms with Crippen molar-refractivity contribution < 1.29 is 18.3 Å². The van der Waals surface area contributed by atoms with Gasteiger partial charge in [-0.05, 0) is 45.0 Å². The molecule has 2 aromatic carbocycles. The van der Waals surface area contributed by atoms with Crippen molar-refractivity contribution in [2.45, 2.75) is 38.1 Å². The lowest BCUT2D eigenvalue weighted by molar-refractivity contribution is -0.116. The number of nitrogens with zero attached hydrogens (tertiary/aromatic N) is 3. The number of carbonyl (C=O) groups excluding carboxylic acids is 1. The molecule has 0 saturated heterocycles. The van der Waals surface area contributed by atoms with Crippen LogP contribution in [0.1, 0.15) is 32.8 Å². The van der Waals surface area contributed by atoms with E-state index >= 15 is 0 Å². The lowest BCUT2D eigenvalue weighted by Gasteiger charge is -2.26. The van der Waals surface area contributed by atoms with Gasteiger partial charge < -0.3 is 14.1 Å². The first kappa shape index (κ1) is 20.9. The van der Waals surface area contributed by atoms with Crippen molar-refractivity contribution in [1.29, 1.82) is 0 Å². The summed E-state index contributed by atoms with van der Waals surface area (Å²) in [5, 5.41) is 8.16. The number of aromatic nitrogens is 2. The molecule has 3 rings (SSSR count). The van der Waals surface area contributed by atoms with E-state index in [1.54, 1.807) is 24.0 Å². The Bertz CT molecular complexity index is 949. The van der Waals surface area contributed by atoms with Crippen LogP contribution in [0.2, 0.25) is 0 Å². The lowest BCUT2D eigenvalue weighted by Crippen LogP contribution is -2.38. The van der Waals surface area contributed by atoms with Gasteiger partial charge in [-0.15, -0.1) is 10.2 Å². The van der Waals surface area contributed by atoms with Crippen molar-refractivity contribution in [3.05, 3.63) is 66.3 Å². The van der Waals surface area contributed by atoms with Crippen LogP contribution in [-0.2, 0) is 4.79 Å². The topological polar surface area (TPSA) is 68.5 Å². The SMILES string of the molecule is CC(C)N(C(=O)CSc1nnc([C@@H](C)Oc2ccccc2F)o1)c1ccccc1. The predicted molar refractivity (Wildman–Crippen MR) is 110 cm³/mol. The number of rotatable bonds is 8. The summed E-state index contributed by atoms with van der Waals surface area (Å²) in [6.45, 7) is 5.61. The summed E-state index contributed by atoms with van der Waals surface area (Å²) in [4.78, 5) is 14.5. The zero-order valence-corrected chi connectivity index (χ0v) is 17.2. The average molecular weight is 415 g/mol. The third kappa shape index (κ3) is 5.35. The fourth-order valence-electron chi connectivity index (χ4n) is 2.74. The van der Waals surface area contributed by atoms with Crippen molar-refractivity contribution in [2.24, 2.45) is 0 Å². The van der Waals surface area contributed by atoms with E-state index in [1.165, 1.54) is 12.1 Å². The maximum atomic E-state index is 13.7. The Morgan fingerprint density at radius 1 is 1.10 bits per heavy atom. The zero-order chi connectivity index (χ0) is 20.8. The smallest absolute Gasteiger partial charge is 0.277 e. The highest BCUT2D eigenvalue weighted by molar-refractivity contribution is 7.99. The van der Waals surface area contributed by atoms with Gasteiger partial charge in [-0.2, -0.15) is 0 Å². The van der Waals surface area contributed by atoms with Crippen molar-refractivity contribution in [1.82, 2.24) is 10.2 Å². The van der Waals surface area contributed by atoms with Gasteiger partial charge in [-0.1, -0.05) is 42.1 Å². The third-order valence-electron chi connectivity index (χ3n) is 4.05. The molecule has 1 heterocycles. The van der Waals surface area contributed by atoms with Crippen LogP contribution >= 0.6 is 11.8 Å². The molecular weight excluding hydrogens is 393 g/mol. The van der Waals surface area contributed by atoms with Crippen molar-refractivity contribution >= 4 is 23.4 Å². The molecule has 0 N–H and O–H groups in total. The second kappa shape index (κ2) is 9.56. The summed E-state index contributed by atoms with van der Waals surface area (Å²) >= 11 is 1.16. The second-order valence-electron chi connectivity index (χ2n) is 6.58. The summed E-state index contributed by atoms with van der Waals surface area (Å²) in [6.07, 6.45) is -0.624. The number of benzene rings is 2. The molecule has 1 aromatic heterocycles. The predicted octanol–water partition coefficient (Wildman–Crippen LogP) is 4.88. The maximum Gasteiger partial charge on any atom is 0.277 e. The standard InChI is InChI=1S/C21H22FN3O3S/c1-14(2)25(16-9-5-4-6-10-16)19(26)13-29-21-24-23-20(28-21)15(3)27-18-12-8-7-11-17(18)22/h4-12,14-15H,13H2,1-3H3/t15-/m1/s1. The van der Waals surface area contributed by atoms with Gasteiger partial charge in [0.15, 0.2) is 17.7 Å². The number of carbonyl (C=O) groups is 1. The molecule has 0 fully saturated rings. The van der Waals surface area contributed by atoms with Gasteiger partial charge in [0, 0.05) is 11.7 Å². The molecule has 0 aliphatic carbocycles. The van der Waals surface area contributed by atoms with Gasteiger partial charge in [-0.25, -0.2) is 4.39 Å². The number of ether oxygens (including phenoxy) is 1. The number of halogens is 1. The highest BCUT2D eigenvalue weighted by Crippen LogP contribution is 2.26. The average Bonchev–Trinajstić information content (AvgIpc) is 3.18. The molecule has 3 aromatic rings. The lowest BCUT2D eigenvalue weighted by atomic mass is 10.2. The van der Waals surface area contributed by atoms with Crippen LogP contribution in [0, 0.1) is 5.82 Å². The molecule has 8 heteroatoms. The molecule has 152 valence electrons. The highest BCUT2D eigenvalue weighted by atomic mass is 32.2. The first-order valence-electron chi connectivity index (χ1n) is 9.20. The summed E-state index contributed by atoms with van der Waals surface area (Å²) in [6, 6.07) is 15.6. The van der Waals surface area contributed by atoms with Crippen LogP contribution in [0.25, 0.3) is 0 Å². The Labute approximate surface area is 173 Å². The molecule has 0 spiro atoms. The van der Waals surface area contributed by atoms with Gasteiger partial charge in [0.05, 0.1) is 5.75 Å². The summed E-state index contributed by atoms with van der Waals surface area (Å²) < 4.78 is 24.8. The van der Waals surface area contributed by atoms with E-state index in [0.29, 0.717) is 0 Å². The van der Waals surface area contributed by atoms with Gasteiger partial charge in [0.2, 0.25) is 5.91 Å². The minimum Gasteiger partial charge on any atom is -0.478 e. The quantitative estimate of drug-likeness (QED) is 0.488.